The summed E-state index contributed by atoms with van der Waals surface area (Å²) in [5, 5.41) is 2.59. The van der Waals surface area contributed by atoms with Gasteiger partial charge in [0.05, 0.1) is 0 Å². The van der Waals surface area contributed by atoms with E-state index in [4.69, 9.17) is 0 Å². The van der Waals surface area contributed by atoms with E-state index in [0.717, 1.165) is 0 Å². The fourth-order valence-electron chi connectivity index (χ4n) is 3.26. The van der Waals surface area contributed by atoms with Gasteiger partial charge in [-0.2, -0.15) is 0 Å². The third-order valence-electron chi connectivity index (χ3n) is 4.54. The number of hydrogen-bond acceptors (Lipinski definition) is 0. The normalized spacial score (nSPS) is 19.9. The first kappa shape index (κ1) is 12.8. The zero-order chi connectivity index (χ0) is 14.4. The maximum Gasteiger partial charge on any atom is 0.0363 e. The summed E-state index contributed by atoms with van der Waals surface area (Å²) in [6.07, 6.45) is 4.54. The van der Waals surface area contributed by atoms with E-state index in [2.05, 4.69) is 95.7 Å². The Morgan fingerprint density at radius 3 is 2.52 bits per heavy atom. The number of hydrogen-bond donors (Lipinski definition) is 0. The molecule has 1 heteroatoms. The number of halogens is 1. The van der Waals surface area contributed by atoms with Crippen LogP contribution in [-0.2, 0) is 5.41 Å². The number of allylic oxidation sites excluding steroid dienone is 1. The zero-order valence-electron chi connectivity index (χ0n) is 11.8. The summed E-state index contributed by atoms with van der Waals surface area (Å²) >= 11 is 3.66. The molecule has 3 aromatic rings. The van der Waals surface area contributed by atoms with Crippen molar-refractivity contribution in [3.8, 4) is 0 Å². The van der Waals surface area contributed by atoms with Crippen molar-refractivity contribution in [3.05, 3.63) is 87.9 Å². The molecule has 0 aromatic heterocycles. The summed E-state index contributed by atoms with van der Waals surface area (Å²) in [7, 11) is 0. The van der Waals surface area contributed by atoms with Crippen LogP contribution >= 0.6 is 15.9 Å². The van der Waals surface area contributed by atoms with E-state index < -0.39 is 0 Å². The van der Waals surface area contributed by atoms with Crippen molar-refractivity contribution in [3.63, 3.8) is 0 Å². The average molecular weight is 335 g/mol. The monoisotopic (exact) mass is 334 g/mol. The molecule has 1 aliphatic rings. The molecule has 0 bridgehead atoms. The molecule has 0 aliphatic heterocycles. The van der Waals surface area contributed by atoms with Crippen molar-refractivity contribution in [2.75, 3.05) is 0 Å². The molecule has 0 nitrogen and oxygen atoms in total. The second-order valence-electron chi connectivity index (χ2n) is 5.80. The summed E-state index contributed by atoms with van der Waals surface area (Å²) in [5.74, 6) is 0. The minimum absolute atomic E-state index is 0.0524. The Bertz CT molecular complexity index is 876. The lowest BCUT2D eigenvalue weighted by atomic mass is 9.77. The molecular weight excluding hydrogens is 320 g/mol. The maximum atomic E-state index is 3.66. The summed E-state index contributed by atoms with van der Waals surface area (Å²) in [6.45, 7) is 2.30. The maximum absolute atomic E-state index is 3.66. The molecule has 0 spiro atoms. The van der Waals surface area contributed by atoms with E-state index in [1.54, 1.807) is 0 Å². The molecule has 21 heavy (non-hydrogen) atoms. The molecular formula is C20H15Br. The molecule has 0 fully saturated rings. The van der Waals surface area contributed by atoms with Crippen molar-refractivity contribution in [2.45, 2.75) is 12.3 Å². The largest absolute Gasteiger partial charge is 0.0692 e. The SMILES string of the molecule is CC1(c2ccc3ccccc3c2)C=Cc2c(Br)cccc21. The van der Waals surface area contributed by atoms with Gasteiger partial charge >= 0.3 is 0 Å². The van der Waals surface area contributed by atoms with Crippen LogP contribution in [0.2, 0.25) is 0 Å². The van der Waals surface area contributed by atoms with Crippen molar-refractivity contribution in [2.24, 2.45) is 0 Å². The molecule has 0 amide bonds. The Morgan fingerprint density at radius 1 is 0.857 bits per heavy atom. The first-order valence-corrected chi connectivity index (χ1v) is 7.95. The van der Waals surface area contributed by atoms with Gasteiger partial charge in [-0.05, 0) is 46.5 Å². The van der Waals surface area contributed by atoms with E-state index in [-0.39, 0.29) is 5.41 Å². The molecule has 0 N–H and O–H groups in total. The lowest BCUT2D eigenvalue weighted by molar-refractivity contribution is 0.739. The minimum Gasteiger partial charge on any atom is -0.0692 e. The molecule has 0 saturated carbocycles. The Kier molecular flexibility index (Phi) is 2.80. The van der Waals surface area contributed by atoms with Crippen LogP contribution in [0.4, 0.5) is 0 Å². The van der Waals surface area contributed by atoms with Crippen molar-refractivity contribution < 1.29 is 0 Å². The van der Waals surface area contributed by atoms with Crippen LogP contribution in [0.1, 0.15) is 23.6 Å². The highest BCUT2D eigenvalue weighted by molar-refractivity contribution is 9.10. The second kappa shape index (κ2) is 4.57. The number of rotatable bonds is 1. The van der Waals surface area contributed by atoms with E-state index in [1.807, 2.05) is 0 Å². The quantitative estimate of drug-likeness (QED) is 0.517. The van der Waals surface area contributed by atoms with Crippen LogP contribution < -0.4 is 0 Å². The highest BCUT2D eigenvalue weighted by Crippen LogP contribution is 2.44. The van der Waals surface area contributed by atoms with Crippen LogP contribution in [0, 0.1) is 0 Å². The van der Waals surface area contributed by atoms with Gasteiger partial charge in [-0.15, -0.1) is 0 Å². The zero-order valence-corrected chi connectivity index (χ0v) is 13.4. The van der Waals surface area contributed by atoms with Gasteiger partial charge in [-0.25, -0.2) is 0 Å². The fraction of sp³-hybridized carbons (Fsp3) is 0.100. The van der Waals surface area contributed by atoms with Gasteiger partial charge in [0.15, 0.2) is 0 Å². The Labute approximate surface area is 133 Å². The number of fused-ring (bicyclic) bond motifs is 2. The van der Waals surface area contributed by atoms with Gasteiger partial charge in [-0.3, -0.25) is 0 Å². The van der Waals surface area contributed by atoms with Crippen LogP contribution in [0.25, 0.3) is 16.8 Å². The van der Waals surface area contributed by atoms with Crippen LogP contribution in [0.3, 0.4) is 0 Å². The predicted octanol–water partition coefficient (Wildman–Crippen LogP) is 5.94. The van der Waals surface area contributed by atoms with Gasteiger partial charge in [-0.1, -0.05) is 76.6 Å². The highest BCUT2D eigenvalue weighted by Gasteiger charge is 2.32. The molecule has 1 atom stereocenters. The fourth-order valence-corrected chi connectivity index (χ4v) is 3.76. The molecule has 0 heterocycles. The molecule has 4 rings (SSSR count). The molecule has 3 aromatic carbocycles. The summed E-state index contributed by atoms with van der Waals surface area (Å²) in [5.41, 5.74) is 3.96. The van der Waals surface area contributed by atoms with E-state index in [9.17, 15) is 0 Å². The lowest BCUT2D eigenvalue weighted by Crippen LogP contribution is -2.18. The summed E-state index contributed by atoms with van der Waals surface area (Å²) < 4.78 is 1.17. The Morgan fingerprint density at radius 2 is 1.67 bits per heavy atom. The number of benzene rings is 3. The van der Waals surface area contributed by atoms with Crippen LogP contribution in [-0.4, -0.2) is 0 Å². The first-order chi connectivity index (χ1) is 10.2. The molecule has 1 aliphatic carbocycles. The molecule has 1 unspecified atom stereocenters. The van der Waals surface area contributed by atoms with Gasteiger partial charge in [0.25, 0.3) is 0 Å². The van der Waals surface area contributed by atoms with Gasteiger partial charge < -0.3 is 0 Å². The lowest BCUT2D eigenvalue weighted by Gasteiger charge is -2.25. The summed E-state index contributed by atoms with van der Waals surface area (Å²) in [6, 6.07) is 21.8. The molecule has 0 saturated heterocycles. The Hall–Kier alpha value is -1.86. The van der Waals surface area contributed by atoms with Crippen LogP contribution in [0.15, 0.2) is 71.2 Å². The smallest absolute Gasteiger partial charge is 0.0363 e. The van der Waals surface area contributed by atoms with Gasteiger partial charge in [0.2, 0.25) is 0 Å². The van der Waals surface area contributed by atoms with Gasteiger partial charge in [0.1, 0.15) is 0 Å². The van der Waals surface area contributed by atoms with Crippen molar-refractivity contribution in [1.82, 2.24) is 0 Å². The first-order valence-electron chi connectivity index (χ1n) is 7.16. The molecule has 102 valence electrons. The van der Waals surface area contributed by atoms with E-state index in [0.29, 0.717) is 0 Å². The van der Waals surface area contributed by atoms with E-state index >= 15 is 0 Å². The Balaban J connectivity index is 1.94. The molecule has 0 radical (unpaired) electrons. The van der Waals surface area contributed by atoms with E-state index in [1.165, 1.54) is 31.9 Å². The van der Waals surface area contributed by atoms with Gasteiger partial charge in [0, 0.05) is 9.89 Å². The van der Waals surface area contributed by atoms with Crippen LogP contribution in [0.5, 0.6) is 0 Å². The third kappa shape index (κ3) is 1.88. The summed E-state index contributed by atoms with van der Waals surface area (Å²) in [4.78, 5) is 0. The topological polar surface area (TPSA) is 0 Å². The third-order valence-corrected chi connectivity index (χ3v) is 5.24. The highest BCUT2D eigenvalue weighted by atomic mass is 79.9. The average Bonchev–Trinajstić information content (AvgIpc) is 2.87. The second-order valence-corrected chi connectivity index (χ2v) is 6.65. The minimum atomic E-state index is -0.0524. The standard InChI is InChI=1S/C20H15Br/c1-20(12-11-17-18(20)7-4-8-19(17)21)16-10-9-14-5-2-3-6-15(14)13-16/h2-13H,1H3. The van der Waals surface area contributed by atoms with Crippen molar-refractivity contribution in [1.29, 1.82) is 0 Å². The van der Waals surface area contributed by atoms with Crippen molar-refractivity contribution >= 4 is 32.8 Å². The predicted molar refractivity (Wildman–Crippen MR) is 93.6 cm³/mol.